The second kappa shape index (κ2) is 4.06. The van der Waals surface area contributed by atoms with Crippen LogP contribution in [0.2, 0.25) is 0 Å². The summed E-state index contributed by atoms with van der Waals surface area (Å²) in [6.07, 6.45) is 9.66. The molecule has 0 fully saturated rings. The number of hydrogen-bond acceptors (Lipinski definition) is 0. The molecule has 2 rings (SSSR count). The molecule has 0 saturated heterocycles. The Morgan fingerprint density at radius 3 is 1.93 bits per heavy atom. The topological polar surface area (TPSA) is 0 Å². The van der Waals surface area contributed by atoms with Crippen molar-refractivity contribution in [3.8, 4) is 0 Å². The zero-order valence-electron chi connectivity index (χ0n) is 9.67. The number of benzene rings is 1. The van der Waals surface area contributed by atoms with Crippen molar-refractivity contribution in [3.05, 3.63) is 64.6 Å². The van der Waals surface area contributed by atoms with Crippen molar-refractivity contribution >= 4 is 0 Å². The van der Waals surface area contributed by atoms with Crippen molar-refractivity contribution in [1.29, 1.82) is 0 Å². The lowest BCUT2D eigenvalue weighted by Crippen LogP contribution is -2.00. The van der Waals surface area contributed by atoms with Crippen LogP contribution in [-0.2, 0) is 6.42 Å². The number of allylic oxidation sites excluding steroid dienone is 4. The fraction of sp³-hybridized carbons (Fsp3) is 0.267. The second-order valence-corrected chi connectivity index (χ2v) is 4.35. The molecule has 0 heteroatoms. The summed E-state index contributed by atoms with van der Waals surface area (Å²) in [5.74, 6) is 1.41. The SMILES string of the molecule is Cc1cc(C)c(C[C]2C=CC=C2)c(C)c1. The van der Waals surface area contributed by atoms with Gasteiger partial charge in [-0.25, -0.2) is 0 Å². The number of hydrogen-bond donors (Lipinski definition) is 0. The molecule has 15 heavy (non-hydrogen) atoms. The number of rotatable bonds is 2. The minimum atomic E-state index is 1.06. The van der Waals surface area contributed by atoms with Crippen LogP contribution in [0, 0.1) is 26.7 Å². The minimum absolute atomic E-state index is 1.06. The molecule has 0 amide bonds. The first-order chi connectivity index (χ1) is 7.16. The molecule has 0 nitrogen and oxygen atoms in total. The van der Waals surface area contributed by atoms with Crippen LogP contribution in [0.25, 0.3) is 0 Å². The first kappa shape index (κ1) is 10.2. The molecule has 77 valence electrons. The van der Waals surface area contributed by atoms with E-state index in [-0.39, 0.29) is 0 Å². The van der Waals surface area contributed by atoms with E-state index in [0.29, 0.717) is 0 Å². The highest BCUT2D eigenvalue weighted by molar-refractivity contribution is 5.44. The molecule has 1 aliphatic rings. The van der Waals surface area contributed by atoms with Gasteiger partial charge in [0.2, 0.25) is 0 Å². The summed E-state index contributed by atoms with van der Waals surface area (Å²) >= 11 is 0. The van der Waals surface area contributed by atoms with Crippen molar-refractivity contribution in [2.24, 2.45) is 0 Å². The Labute approximate surface area is 92.3 Å². The molecule has 1 radical (unpaired) electrons. The van der Waals surface area contributed by atoms with Crippen LogP contribution in [0.15, 0.2) is 36.4 Å². The Hall–Kier alpha value is -1.30. The Balaban J connectivity index is 2.27. The second-order valence-electron chi connectivity index (χ2n) is 4.35. The van der Waals surface area contributed by atoms with E-state index < -0.39 is 0 Å². The van der Waals surface area contributed by atoms with Crippen molar-refractivity contribution in [3.63, 3.8) is 0 Å². The van der Waals surface area contributed by atoms with E-state index in [2.05, 4.69) is 57.2 Å². The molecule has 0 N–H and O–H groups in total. The molecular formula is C15H17. The van der Waals surface area contributed by atoms with Gasteiger partial charge in [-0.2, -0.15) is 0 Å². The van der Waals surface area contributed by atoms with Gasteiger partial charge in [-0.1, -0.05) is 42.0 Å². The van der Waals surface area contributed by atoms with E-state index >= 15 is 0 Å². The molecule has 0 unspecified atom stereocenters. The molecule has 0 aliphatic heterocycles. The van der Waals surface area contributed by atoms with E-state index in [9.17, 15) is 0 Å². The Bertz CT molecular complexity index is 387. The standard InChI is InChI=1S/C15H17/c1-11-8-12(2)15(13(3)9-11)10-14-6-4-5-7-14/h4-9H,10H2,1-3H3. The van der Waals surface area contributed by atoms with Gasteiger partial charge in [0.05, 0.1) is 0 Å². The third-order valence-corrected chi connectivity index (χ3v) is 2.95. The van der Waals surface area contributed by atoms with Crippen molar-refractivity contribution in [2.75, 3.05) is 0 Å². The maximum Gasteiger partial charge on any atom is 0.0237 e. The highest BCUT2D eigenvalue weighted by Crippen LogP contribution is 2.23. The molecule has 0 spiro atoms. The van der Waals surface area contributed by atoms with E-state index in [4.69, 9.17) is 0 Å². The summed E-state index contributed by atoms with van der Waals surface area (Å²) in [5.41, 5.74) is 5.66. The lowest BCUT2D eigenvalue weighted by atomic mass is 9.92. The molecule has 0 aromatic heterocycles. The first-order valence-corrected chi connectivity index (χ1v) is 5.44. The van der Waals surface area contributed by atoms with Gasteiger partial charge in [-0.3, -0.25) is 0 Å². The summed E-state index contributed by atoms with van der Waals surface area (Å²) in [7, 11) is 0. The lowest BCUT2D eigenvalue weighted by molar-refractivity contribution is 1.05. The van der Waals surface area contributed by atoms with Crippen LogP contribution in [0.1, 0.15) is 22.3 Å². The van der Waals surface area contributed by atoms with Crippen LogP contribution < -0.4 is 0 Å². The van der Waals surface area contributed by atoms with E-state index in [1.54, 1.807) is 0 Å². The maximum absolute atomic E-state index is 2.27. The van der Waals surface area contributed by atoms with Crippen molar-refractivity contribution in [2.45, 2.75) is 27.2 Å². The first-order valence-electron chi connectivity index (χ1n) is 5.44. The van der Waals surface area contributed by atoms with Gasteiger partial charge in [-0.15, -0.1) is 0 Å². The fourth-order valence-electron chi connectivity index (χ4n) is 2.22. The quantitative estimate of drug-likeness (QED) is 0.675. The van der Waals surface area contributed by atoms with Gasteiger partial charge >= 0.3 is 0 Å². The molecule has 0 bridgehead atoms. The lowest BCUT2D eigenvalue weighted by Gasteiger charge is -2.13. The van der Waals surface area contributed by atoms with Gasteiger partial charge in [-0.05, 0) is 43.9 Å². The Morgan fingerprint density at radius 1 is 0.867 bits per heavy atom. The predicted octanol–water partition coefficient (Wildman–Crippen LogP) is 3.85. The maximum atomic E-state index is 2.27. The average molecular weight is 197 g/mol. The highest BCUT2D eigenvalue weighted by Gasteiger charge is 2.10. The normalized spacial score (nSPS) is 15.1. The van der Waals surface area contributed by atoms with E-state index in [0.717, 1.165) is 6.42 Å². The van der Waals surface area contributed by atoms with Crippen LogP contribution in [0.4, 0.5) is 0 Å². The summed E-state index contributed by atoms with van der Waals surface area (Å²) < 4.78 is 0. The van der Waals surface area contributed by atoms with Crippen molar-refractivity contribution in [1.82, 2.24) is 0 Å². The predicted molar refractivity (Wildman–Crippen MR) is 65.9 cm³/mol. The third-order valence-electron chi connectivity index (χ3n) is 2.95. The average Bonchev–Trinajstić information content (AvgIpc) is 2.63. The highest BCUT2D eigenvalue weighted by atomic mass is 14.1. The molecule has 1 aromatic rings. The molecule has 0 atom stereocenters. The molecule has 1 aliphatic carbocycles. The molecule has 0 heterocycles. The zero-order valence-corrected chi connectivity index (χ0v) is 9.67. The number of aryl methyl sites for hydroxylation is 3. The third kappa shape index (κ3) is 2.20. The monoisotopic (exact) mass is 197 g/mol. The van der Waals surface area contributed by atoms with Gasteiger partial charge < -0.3 is 0 Å². The smallest absolute Gasteiger partial charge is 0.0237 e. The van der Waals surface area contributed by atoms with Crippen LogP contribution >= 0.6 is 0 Å². The van der Waals surface area contributed by atoms with Gasteiger partial charge in [0.15, 0.2) is 0 Å². The molecular weight excluding hydrogens is 180 g/mol. The van der Waals surface area contributed by atoms with Crippen LogP contribution in [0.5, 0.6) is 0 Å². The van der Waals surface area contributed by atoms with Gasteiger partial charge in [0, 0.05) is 5.92 Å². The molecule has 1 aromatic carbocycles. The Morgan fingerprint density at radius 2 is 1.40 bits per heavy atom. The Kier molecular flexibility index (Phi) is 2.77. The van der Waals surface area contributed by atoms with Crippen LogP contribution in [0.3, 0.4) is 0 Å². The minimum Gasteiger partial charge on any atom is -0.0730 e. The summed E-state index contributed by atoms with van der Waals surface area (Å²) in [6.45, 7) is 6.57. The fourth-order valence-corrected chi connectivity index (χ4v) is 2.22. The summed E-state index contributed by atoms with van der Waals surface area (Å²) in [4.78, 5) is 0. The molecule has 0 saturated carbocycles. The largest absolute Gasteiger partial charge is 0.0730 e. The van der Waals surface area contributed by atoms with Gasteiger partial charge in [0.1, 0.15) is 0 Å². The van der Waals surface area contributed by atoms with Crippen LogP contribution in [-0.4, -0.2) is 0 Å². The zero-order chi connectivity index (χ0) is 10.8. The van der Waals surface area contributed by atoms with E-state index in [1.165, 1.54) is 28.2 Å². The van der Waals surface area contributed by atoms with Gasteiger partial charge in [0.25, 0.3) is 0 Å². The summed E-state index contributed by atoms with van der Waals surface area (Å²) in [5, 5.41) is 0. The van der Waals surface area contributed by atoms with E-state index in [1.807, 2.05) is 0 Å². The summed E-state index contributed by atoms with van der Waals surface area (Å²) in [6, 6.07) is 4.54. The van der Waals surface area contributed by atoms with Crippen molar-refractivity contribution < 1.29 is 0 Å².